The van der Waals surface area contributed by atoms with Gasteiger partial charge in [-0.15, -0.1) is 0 Å². The van der Waals surface area contributed by atoms with Crippen LogP contribution in [0.2, 0.25) is 0 Å². The largest absolute Gasteiger partial charge is 0.330 e. The minimum Gasteiger partial charge on any atom is -0.330 e. The lowest BCUT2D eigenvalue weighted by atomic mass is 9.69. The molecular weight excluding hydrogens is 400 g/mol. The van der Waals surface area contributed by atoms with Crippen molar-refractivity contribution in [1.82, 2.24) is 25.2 Å². The smallest absolute Gasteiger partial charge is 0.322 e. The van der Waals surface area contributed by atoms with Crippen molar-refractivity contribution >= 4 is 11.7 Å². The Morgan fingerprint density at radius 1 is 0.938 bits per heavy atom. The molecule has 3 heterocycles. The van der Waals surface area contributed by atoms with Gasteiger partial charge in [0.15, 0.2) is 5.82 Å². The number of nitrogens with one attached hydrogen (secondary N) is 1. The summed E-state index contributed by atoms with van der Waals surface area (Å²) in [7, 11) is 4.32. The van der Waals surface area contributed by atoms with E-state index in [2.05, 4.69) is 69.6 Å². The maximum atomic E-state index is 12.9. The second-order valence-electron chi connectivity index (χ2n) is 9.09. The van der Waals surface area contributed by atoms with Crippen LogP contribution in [0.1, 0.15) is 31.2 Å². The van der Waals surface area contributed by atoms with Crippen molar-refractivity contribution in [2.24, 2.45) is 0 Å². The number of rotatable bonds is 4. The van der Waals surface area contributed by atoms with E-state index >= 15 is 0 Å². The van der Waals surface area contributed by atoms with E-state index in [4.69, 9.17) is 0 Å². The highest BCUT2D eigenvalue weighted by molar-refractivity contribution is 5.95. The topological polar surface area (TPSA) is 74.2 Å². The molecule has 2 aromatic heterocycles. The van der Waals surface area contributed by atoms with Crippen molar-refractivity contribution in [2.45, 2.75) is 36.8 Å². The van der Waals surface area contributed by atoms with E-state index in [1.54, 1.807) is 29.7 Å². The molecule has 2 fully saturated rings. The number of anilines is 1. The standard InChI is InChI=1S/C25H28N6O/c1-30(2)25(20-6-4-3-5-7-20)12-10-24(11-13-25)18-31(23(32)29-24)21-16-27-22(28-17-21)19-8-14-26-15-9-19/h3-9,14-17H,10-13,18H2,1-2H3,(H,29,32). The number of urea groups is 1. The first-order chi connectivity index (χ1) is 15.5. The normalized spacial score (nSPS) is 25.3. The van der Waals surface area contributed by atoms with Crippen LogP contribution in [0.25, 0.3) is 11.4 Å². The Kier molecular flexibility index (Phi) is 5.13. The number of hydrogen-bond acceptors (Lipinski definition) is 5. The zero-order valence-corrected chi connectivity index (χ0v) is 18.5. The summed E-state index contributed by atoms with van der Waals surface area (Å²) in [5, 5.41) is 3.30. The van der Waals surface area contributed by atoms with E-state index < -0.39 is 0 Å². The van der Waals surface area contributed by atoms with Crippen LogP contribution >= 0.6 is 0 Å². The number of benzene rings is 1. The van der Waals surface area contributed by atoms with Crippen LogP contribution in [0.15, 0.2) is 67.3 Å². The monoisotopic (exact) mass is 428 g/mol. The second-order valence-corrected chi connectivity index (χ2v) is 9.09. The fourth-order valence-electron chi connectivity index (χ4n) is 5.20. The van der Waals surface area contributed by atoms with Crippen LogP contribution in [0.4, 0.5) is 10.5 Å². The van der Waals surface area contributed by atoms with Gasteiger partial charge < -0.3 is 5.32 Å². The lowest BCUT2D eigenvalue weighted by Crippen LogP contribution is -2.54. The quantitative estimate of drug-likeness (QED) is 0.684. The predicted molar refractivity (Wildman–Crippen MR) is 124 cm³/mol. The van der Waals surface area contributed by atoms with Crippen LogP contribution in [0, 0.1) is 0 Å². The van der Waals surface area contributed by atoms with E-state index in [1.165, 1.54) is 5.56 Å². The minimum absolute atomic E-state index is 0.0000419. The molecule has 2 aliphatic rings. The van der Waals surface area contributed by atoms with Crippen molar-refractivity contribution in [3.63, 3.8) is 0 Å². The van der Waals surface area contributed by atoms with Gasteiger partial charge in [-0.05, 0) is 57.5 Å². The van der Waals surface area contributed by atoms with Gasteiger partial charge in [-0.3, -0.25) is 14.8 Å². The molecule has 0 atom stereocenters. The Balaban J connectivity index is 1.33. The van der Waals surface area contributed by atoms with Crippen LogP contribution in [-0.4, -0.2) is 52.1 Å². The summed E-state index contributed by atoms with van der Waals surface area (Å²) < 4.78 is 0. The Bertz CT molecular complexity index is 1080. The molecule has 0 unspecified atom stereocenters. The molecule has 1 aliphatic carbocycles. The van der Waals surface area contributed by atoms with E-state index in [0.29, 0.717) is 12.4 Å². The van der Waals surface area contributed by atoms with Crippen LogP contribution in [0.3, 0.4) is 0 Å². The van der Waals surface area contributed by atoms with Gasteiger partial charge in [0.2, 0.25) is 0 Å². The van der Waals surface area contributed by atoms with Crippen LogP contribution < -0.4 is 10.2 Å². The van der Waals surface area contributed by atoms with E-state index in [0.717, 1.165) is 36.9 Å². The number of carbonyl (C=O) groups is 1. The van der Waals surface area contributed by atoms with Gasteiger partial charge in [0.1, 0.15) is 0 Å². The summed E-state index contributed by atoms with van der Waals surface area (Å²) in [4.78, 5) is 30.0. The lowest BCUT2D eigenvalue weighted by Gasteiger charge is -2.48. The van der Waals surface area contributed by atoms with Gasteiger partial charge in [0.25, 0.3) is 0 Å². The Morgan fingerprint density at radius 3 is 2.22 bits per heavy atom. The van der Waals surface area contributed by atoms with Gasteiger partial charge in [-0.1, -0.05) is 30.3 Å². The minimum atomic E-state index is -0.213. The van der Waals surface area contributed by atoms with Gasteiger partial charge >= 0.3 is 6.03 Å². The van der Waals surface area contributed by atoms with Gasteiger partial charge in [0.05, 0.1) is 30.2 Å². The summed E-state index contributed by atoms with van der Waals surface area (Å²) in [6, 6.07) is 14.4. The summed E-state index contributed by atoms with van der Waals surface area (Å²) in [6.07, 6.45) is 10.8. The number of pyridine rings is 1. The summed E-state index contributed by atoms with van der Waals surface area (Å²) in [5.41, 5.74) is 2.77. The van der Waals surface area contributed by atoms with Gasteiger partial charge in [-0.2, -0.15) is 0 Å². The average molecular weight is 429 g/mol. The summed E-state index contributed by atoms with van der Waals surface area (Å²) >= 11 is 0. The molecule has 5 rings (SSSR count). The molecule has 2 amide bonds. The van der Waals surface area contributed by atoms with E-state index in [-0.39, 0.29) is 17.1 Å². The molecule has 1 aromatic carbocycles. The SMILES string of the molecule is CN(C)C1(c2ccccc2)CCC2(CC1)CN(c1cnc(-c3ccncc3)nc1)C(=O)N2. The molecule has 1 spiro atoms. The van der Waals surface area contributed by atoms with Crippen molar-refractivity contribution in [2.75, 3.05) is 25.5 Å². The number of aromatic nitrogens is 3. The molecule has 1 saturated heterocycles. The predicted octanol–water partition coefficient (Wildman–Crippen LogP) is 3.84. The lowest BCUT2D eigenvalue weighted by molar-refractivity contribution is 0.0658. The molecule has 32 heavy (non-hydrogen) atoms. The molecule has 164 valence electrons. The highest BCUT2D eigenvalue weighted by atomic mass is 16.2. The van der Waals surface area contributed by atoms with Crippen LogP contribution in [0.5, 0.6) is 0 Å². The Morgan fingerprint density at radius 2 is 1.59 bits per heavy atom. The van der Waals surface area contributed by atoms with E-state index in [9.17, 15) is 4.79 Å². The molecule has 1 N–H and O–H groups in total. The highest BCUT2D eigenvalue weighted by Crippen LogP contribution is 2.46. The third-order valence-electron chi connectivity index (χ3n) is 7.17. The number of amides is 2. The maximum Gasteiger partial charge on any atom is 0.322 e. The molecule has 3 aromatic rings. The highest BCUT2D eigenvalue weighted by Gasteiger charge is 2.50. The van der Waals surface area contributed by atoms with E-state index in [1.807, 2.05) is 12.1 Å². The second kappa shape index (κ2) is 7.98. The summed E-state index contributed by atoms with van der Waals surface area (Å²) in [6.45, 7) is 0.641. The fraction of sp³-hybridized carbons (Fsp3) is 0.360. The average Bonchev–Trinajstić information content (AvgIpc) is 3.16. The molecular formula is C25H28N6O. The molecule has 1 saturated carbocycles. The molecule has 7 nitrogen and oxygen atoms in total. The molecule has 7 heteroatoms. The molecule has 0 bridgehead atoms. The van der Waals surface area contributed by atoms with Gasteiger partial charge in [-0.25, -0.2) is 14.8 Å². The van der Waals surface area contributed by atoms with Crippen molar-refractivity contribution in [3.05, 3.63) is 72.8 Å². The Labute approximate surface area is 188 Å². The number of nitrogens with zero attached hydrogens (tertiary/aromatic N) is 5. The maximum absolute atomic E-state index is 12.9. The first kappa shape index (κ1) is 20.6. The number of hydrogen-bond donors (Lipinski definition) is 1. The third kappa shape index (κ3) is 3.52. The third-order valence-corrected chi connectivity index (χ3v) is 7.17. The first-order valence-corrected chi connectivity index (χ1v) is 11.1. The fourth-order valence-corrected chi connectivity index (χ4v) is 5.20. The van der Waals surface area contributed by atoms with Gasteiger partial charge in [0, 0.05) is 23.5 Å². The van der Waals surface area contributed by atoms with Crippen molar-refractivity contribution < 1.29 is 4.79 Å². The zero-order valence-electron chi connectivity index (χ0n) is 18.5. The molecule has 0 radical (unpaired) electrons. The van der Waals surface area contributed by atoms with Crippen molar-refractivity contribution in [3.8, 4) is 11.4 Å². The zero-order chi connectivity index (χ0) is 22.2. The number of carbonyl (C=O) groups excluding carboxylic acids is 1. The van der Waals surface area contributed by atoms with Crippen molar-refractivity contribution in [1.29, 1.82) is 0 Å². The molecule has 1 aliphatic heterocycles. The Hall–Kier alpha value is -3.32. The summed E-state index contributed by atoms with van der Waals surface area (Å²) in [5.74, 6) is 0.627. The first-order valence-electron chi connectivity index (χ1n) is 11.1. The van der Waals surface area contributed by atoms with Crippen LogP contribution in [-0.2, 0) is 5.54 Å².